The standard InChI is InChI=1S/C15H14N2O8S/c1-26(23,24)8-3-2-7-11-13(8)25-5-4-17(11)15(22)10(12(7)20)14(21)16-6-9(18)19/h2-3,20H,4-6H2,1H3,(H,16,21)(H,18,19). The van der Waals surface area contributed by atoms with Crippen molar-refractivity contribution >= 4 is 32.6 Å². The fourth-order valence-electron chi connectivity index (χ4n) is 2.82. The molecule has 1 aliphatic rings. The number of hydrogen-bond donors (Lipinski definition) is 3. The molecule has 0 atom stereocenters. The molecular formula is C15H14N2O8S. The van der Waals surface area contributed by atoms with Crippen LogP contribution in [-0.4, -0.2) is 54.5 Å². The number of carbonyl (C=O) groups excluding carboxylic acids is 1. The second-order valence-electron chi connectivity index (χ2n) is 5.67. The zero-order valence-electron chi connectivity index (χ0n) is 13.5. The number of carboxylic acids is 1. The van der Waals surface area contributed by atoms with Gasteiger partial charge in [-0.25, -0.2) is 8.42 Å². The van der Waals surface area contributed by atoms with Gasteiger partial charge in [-0.3, -0.25) is 14.4 Å². The van der Waals surface area contributed by atoms with E-state index in [0.717, 1.165) is 10.8 Å². The number of hydrogen-bond acceptors (Lipinski definition) is 7. The van der Waals surface area contributed by atoms with Crippen molar-refractivity contribution in [3.8, 4) is 11.5 Å². The summed E-state index contributed by atoms with van der Waals surface area (Å²) in [7, 11) is -3.66. The number of nitrogens with one attached hydrogen (secondary N) is 1. The van der Waals surface area contributed by atoms with Gasteiger partial charge in [0.2, 0.25) is 0 Å². The minimum absolute atomic E-state index is 0.00446. The highest BCUT2D eigenvalue weighted by Crippen LogP contribution is 2.38. The van der Waals surface area contributed by atoms with Crippen molar-refractivity contribution in [2.24, 2.45) is 0 Å². The molecule has 0 aliphatic carbocycles. The number of benzene rings is 1. The van der Waals surface area contributed by atoms with Crippen LogP contribution in [0.4, 0.5) is 0 Å². The Morgan fingerprint density at radius 3 is 2.65 bits per heavy atom. The van der Waals surface area contributed by atoms with Crippen molar-refractivity contribution in [1.29, 1.82) is 0 Å². The van der Waals surface area contributed by atoms with Crippen molar-refractivity contribution in [2.75, 3.05) is 19.4 Å². The number of sulfone groups is 1. The lowest BCUT2D eigenvalue weighted by molar-refractivity contribution is -0.135. The van der Waals surface area contributed by atoms with Crippen LogP contribution >= 0.6 is 0 Å². The number of nitrogens with zero attached hydrogens (tertiary/aromatic N) is 1. The lowest BCUT2D eigenvalue weighted by Crippen LogP contribution is -2.37. The topological polar surface area (TPSA) is 152 Å². The normalized spacial score (nSPS) is 13.3. The number of rotatable bonds is 4. The first-order valence-corrected chi connectivity index (χ1v) is 9.27. The number of aromatic hydroxyl groups is 1. The minimum atomic E-state index is -3.66. The summed E-state index contributed by atoms with van der Waals surface area (Å²) in [6.45, 7) is -0.693. The molecule has 11 heteroatoms. The Kier molecular flexibility index (Phi) is 4.11. The largest absolute Gasteiger partial charge is 0.506 e. The second-order valence-corrected chi connectivity index (χ2v) is 7.65. The highest BCUT2D eigenvalue weighted by molar-refractivity contribution is 7.90. The quantitative estimate of drug-likeness (QED) is 0.629. The second kappa shape index (κ2) is 6.02. The van der Waals surface area contributed by atoms with Crippen LogP contribution in [-0.2, 0) is 21.2 Å². The molecule has 1 amide bonds. The van der Waals surface area contributed by atoms with Gasteiger partial charge in [0.1, 0.15) is 29.4 Å². The molecule has 10 nitrogen and oxygen atoms in total. The van der Waals surface area contributed by atoms with E-state index < -0.39 is 45.1 Å². The first-order valence-electron chi connectivity index (χ1n) is 7.38. The summed E-state index contributed by atoms with van der Waals surface area (Å²) >= 11 is 0. The zero-order valence-corrected chi connectivity index (χ0v) is 14.3. The molecule has 138 valence electrons. The Hall–Kier alpha value is -3.08. The molecule has 0 radical (unpaired) electrons. The molecule has 1 aromatic carbocycles. The van der Waals surface area contributed by atoms with Crippen LogP contribution in [0.5, 0.6) is 11.5 Å². The first-order chi connectivity index (χ1) is 12.1. The van der Waals surface area contributed by atoms with Crippen molar-refractivity contribution < 1.29 is 33.0 Å². The highest BCUT2D eigenvalue weighted by atomic mass is 32.2. The SMILES string of the molecule is CS(=O)(=O)c1ccc2c(O)c(C(=O)NCC(=O)O)c(=O)n3c2c1OCC3. The van der Waals surface area contributed by atoms with E-state index in [9.17, 15) is 27.9 Å². The third-order valence-electron chi connectivity index (χ3n) is 3.90. The van der Waals surface area contributed by atoms with Gasteiger partial charge in [-0.2, -0.15) is 0 Å². The van der Waals surface area contributed by atoms with Crippen LogP contribution in [0.15, 0.2) is 21.8 Å². The number of carboxylic acid groups (broad SMARTS) is 1. The van der Waals surface area contributed by atoms with Crippen LogP contribution in [0.25, 0.3) is 10.9 Å². The molecule has 26 heavy (non-hydrogen) atoms. The summed E-state index contributed by atoms with van der Waals surface area (Å²) in [5.74, 6) is -3.09. The van der Waals surface area contributed by atoms with E-state index in [1.807, 2.05) is 5.32 Å². The summed E-state index contributed by atoms with van der Waals surface area (Å²) < 4.78 is 30.4. The molecule has 3 N–H and O–H groups in total. The molecular weight excluding hydrogens is 368 g/mol. The first kappa shape index (κ1) is 17.7. The summed E-state index contributed by atoms with van der Waals surface area (Å²) in [6, 6.07) is 2.48. The molecule has 0 bridgehead atoms. The van der Waals surface area contributed by atoms with Gasteiger partial charge in [0.25, 0.3) is 11.5 Å². The predicted octanol–water partition coefficient (Wildman–Crippen LogP) is -0.683. The van der Waals surface area contributed by atoms with E-state index in [1.54, 1.807) is 0 Å². The molecule has 2 aromatic rings. The molecule has 3 rings (SSSR count). The zero-order chi connectivity index (χ0) is 19.2. The average molecular weight is 382 g/mol. The van der Waals surface area contributed by atoms with Gasteiger partial charge in [-0.15, -0.1) is 0 Å². The van der Waals surface area contributed by atoms with Gasteiger partial charge in [-0.05, 0) is 12.1 Å². The van der Waals surface area contributed by atoms with Crippen LogP contribution in [0.3, 0.4) is 0 Å². The summed E-state index contributed by atoms with van der Waals surface area (Å²) in [6.07, 6.45) is 0.985. The fraction of sp³-hybridized carbons (Fsp3) is 0.267. The van der Waals surface area contributed by atoms with Gasteiger partial charge in [0.05, 0.1) is 12.1 Å². The maximum atomic E-state index is 12.7. The Morgan fingerprint density at radius 1 is 1.35 bits per heavy atom. The molecule has 1 aliphatic heterocycles. The Morgan fingerprint density at radius 2 is 2.04 bits per heavy atom. The van der Waals surface area contributed by atoms with Crippen molar-refractivity contribution in [3.05, 3.63) is 28.0 Å². The number of carbonyl (C=O) groups is 2. The van der Waals surface area contributed by atoms with Gasteiger partial charge in [0.15, 0.2) is 15.6 Å². The molecule has 0 saturated heterocycles. The number of amides is 1. The third kappa shape index (κ3) is 2.75. The summed E-state index contributed by atoms with van der Waals surface area (Å²) in [5.41, 5.74) is -1.41. The highest BCUT2D eigenvalue weighted by Gasteiger charge is 2.29. The molecule has 0 spiro atoms. The predicted molar refractivity (Wildman–Crippen MR) is 88.4 cm³/mol. The monoisotopic (exact) mass is 382 g/mol. The van der Waals surface area contributed by atoms with Crippen LogP contribution in [0, 0.1) is 0 Å². The third-order valence-corrected chi connectivity index (χ3v) is 5.02. The summed E-state index contributed by atoms with van der Waals surface area (Å²) in [5, 5.41) is 21.1. The van der Waals surface area contributed by atoms with E-state index in [-0.39, 0.29) is 34.7 Å². The van der Waals surface area contributed by atoms with Crippen molar-refractivity contribution in [2.45, 2.75) is 11.4 Å². The van der Waals surface area contributed by atoms with Crippen LogP contribution in [0.2, 0.25) is 0 Å². The van der Waals surface area contributed by atoms with E-state index in [1.165, 1.54) is 12.1 Å². The van der Waals surface area contributed by atoms with Gasteiger partial charge in [0, 0.05) is 11.6 Å². The summed E-state index contributed by atoms with van der Waals surface area (Å²) in [4.78, 5) is 35.3. The number of aliphatic carboxylic acids is 1. The molecule has 1 aromatic heterocycles. The lowest BCUT2D eigenvalue weighted by Gasteiger charge is -2.23. The smallest absolute Gasteiger partial charge is 0.322 e. The molecule has 0 unspecified atom stereocenters. The Bertz CT molecular complexity index is 1120. The average Bonchev–Trinajstić information content (AvgIpc) is 2.56. The molecule has 2 heterocycles. The van der Waals surface area contributed by atoms with Crippen molar-refractivity contribution in [3.63, 3.8) is 0 Å². The lowest BCUT2D eigenvalue weighted by atomic mass is 10.1. The van der Waals surface area contributed by atoms with Gasteiger partial charge >= 0.3 is 5.97 Å². The maximum Gasteiger partial charge on any atom is 0.322 e. The number of pyridine rings is 1. The van der Waals surface area contributed by atoms with Gasteiger partial charge < -0.3 is 24.8 Å². The Labute approximate surface area is 146 Å². The van der Waals surface area contributed by atoms with E-state index in [2.05, 4.69) is 0 Å². The van der Waals surface area contributed by atoms with Crippen molar-refractivity contribution in [1.82, 2.24) is 9.88 Å². The van der Waals surface area contributed by atoms with E-state index in [0.29, 0.717) is 0 Å². The molecule has 0 saturated carbocycles. The fourth-order valence-corrected chi connectivity index (χ4v) is 3.62. The van der Waals surface area contributed by atoms with Gasteiger partial charge in [-0.1, -0.05) is 0 Å². The maximum absolute atomic E-state index is 12.7. The van der Waals surface area contributed by atoms with Crippen LogP contribution < -0.4 is 15.6 Å². The van der Waals surface area contributed by atoms with E-state index >= 15 is 0 Å². The van der Waals surface area contributed by atoms with Crippen LogP contribution in [0.1, 0.15) is 10.4 Å². The number of aromatic nitrogens is 1. The minimum Gasteiger partial charge on any atom is -0.506 e. The molecule has 0 fully saturated rings. The number of ether oxygens (including phenoxy) is 1. The van der Waals surface area contributed by atoms with E-state index in [4.69, 9.17) is 9.84 Å². The Balaban J connectivity index is 2.32.